The van der Waals surface area contributed by atoms with Gasteiger partial charge < -0.3 is 4.42 Å². The predicted molar refractivity (Wildman–Crippen MR) is 121 cm³/mol. The fourth-order valence-electron chi connectivity index (χ4n) is 3.74. The average Bonchev–Trinajstić information content (AvgIpc) is 2.98. The van der Waals surface area contributed by atoms with Gasteiger partial charge in [-0.3, -0.25) is 4.98 Å². The summed E-state index contributed by atoms with van der Waals surface area (Å²) < 4.78 is 6.33. The van der Waals surface area contributed by atoms with Gasteiger partial charge in [-0.2, -0.15) is 0 Å². The highest BCUT2D eigenvalue weighted by molar-refractivity contribution is 6.90. The highest BCUT2D eigenvalue weighted by Gasteiger charge is 2.25. The van der Waals surface area contributed by atoms with Crippen molar-refractivity contribution in [1.82, 2.24) is 9.97 Å². The van der Waals surface area contributed by atoms with Crippen LogP contribution < -0.4 is 5.19 Å². The van der Waals surface area contributed by atoms with Crippen LogP contribution in [-0.4, -0.2) is 18.0 Å². The topological polar surface area (TPSA) is 38.9 Å². The van der Waals surface area contributed by atoms with Crippen molar-refractivity contribution in [3.63, 3.8) is 0 Å². The lowest BCUT2D eigenvalue weighted by atomic mass is 9.87. The number of pyridine rings is 2. The van der Waals surface area contributed by atoms with Gasteiger partial charge in [-0.1, -0.05) is 46.5 Å². The quantitative estimate of drug-likeness (QED) is 0.384. The number of furan rings is 1. The van der Waals surface area contributed by atoms with Crippen LogP contribution in [0.3, 0.4) is 0 Å². The summed E-state index contributed by atoms with van der Waals surface area (Å²) in [4.78, 5) is 9.24. The van der Waals surface area contributed by atoms with E-state index < -0.39 is 8.07 Å². The van der Waals surface area contributed by atoms with Crippen molar-refractivity contribution in [3.8, 4) is 11.3 Å². The van der Waals surface area contributed by atoms with Crippen LogP contribution >= 0.6 is 0 Å². The molecule has 0 radical (unpaired) electrons. The van der Waals surface area contributed by atoms with Crippen molar-refractivity contribution >= 4 is 35.3 Å². The molecule has 0 N–H and O–H groups in total. The maximum absolute atomic E-state index is 6.33. The molecule has 0 saturated carbocycles. The Kier molecular flexibility index (Phi) is 4.23. The molecule has 0 aliphatic rings. The summed E-state index contributed by atoms with van der Waals surface area (Å²) >= 11 is 0. The minimum Gasteiger partial charge on any atom is -0.437 e. The van der Waals surface area contributed by atoms with Crippen LogP contribution in [0, 0.1) is 6.92 Å². The normalized spacial score (nSPS) is 12.8. The molecule has 0 atom stereocenters. The summed E-state index contributed by atoms with van der Waals surface area (Å²) in [7, 11) is -1.57. The molecule has 1 aromatic carbocycles. The minimum absolute atomic E-state index is 0.0710. The lowest BCUT2D eigenvalue weighted by Crippen LogP contribution is -2.38. The van der Waals surface area contributed by atoms with E-state index >= 15 is 0 Å². The Balaban J connectivity index is 2.08. The standard InChI is InChI=1S/C24H28N2OSi/c1-15-12-18-21-20(28(5,6)7)9-8-17(22(21)27-23(18)26-14-15)19-13-16(10-11-25-19)24(2,3)4/h8-14H,1-7H3. The molecule has 0 unspecified atom stereocenters. The van der Waals surface area contributed by atoms with Crippen molar-refractivity contribution in [2.45, 2.75) is 52.8 Å². The van der Waals surface area contributed by atoms with Crippen molar-refractivity contribution in [3.05, 3.63) is 53.9 Å². The first kappa shape index (κ1) is 18.9. The van der Waals surface area contributed by atoms with E-state index in [-0.39, 0.29) is 5.41 Å². The van der Waals surface area contributed by atoms with Crippen LogP contribution in [0.5, 0.6) is 0 Å². The van der Waals surface area contributed by atoms with Gasteiger partial charge in [-0.25, -0.2) is 4.98 Å². The van der Waals surface area contributed by atoms with Crippen molar-refractivity contribution in [2.75, 3.05) is 0 Å². The molecule has 3 heterocycles. The van der Waals surface area contributed by atoms with Gasteiger partial charge in [0.15, 0.2) is 0 Å². The smallest absolute Gasteiger partial charge is 0.227 e. The monoisotopic (exact) mass is 388 g/mol. The van der Waals surface area contributed by atoms with Crippen molar-refractivity contribution in [2.24, 2.45) is 0 Å². The SMILES string of the molecule is Cc1cnc2oc3c(-c4cc(C(C)(C)C)ccn4)ccc([Si](C)(C)C)c3c2c1. The van der Waals surface area contributed by atoms with Crippen molar-refractivity contribution in [1.29, 1.82) is 0 Å². The molecule has 3 nitrogen and oxygen atoms in total. The third kappa shape index (κ3) is 3.16. The number of rotatable bonds is 2. The molecule has 0 aliphatic carbocycles. The Labute approximate surface area is 167 Å². The third-order valence-electron chi connectivity index (χ3n) is 5.32. The number of aryl methyl sites for hydroxylation is 1. The number of nitrogens with zero attached hydrogens (tertiary/aromatic N) is 2. The first-order valence-electron chi connectivity index (χ1n) is 9.85. The Morgan fingerprint density at radius 3 is 2.39 bits per heavy atom. The summed E-state index contributed by atoms with van der Waals surface area (Å²) in [5.41, 5.74) is 6.10. The summed E-state index contributed by atoms with van der Waals surface area (Å²) in [6, 6.07) is 10.9. The molecular formula is C24H28N2OSi. The highest BCUT2D eigenvalue weighted by atomic mass is 28.3. The molecule has 0 aliphatic heterocycles. The van der Waals surface area contributed by atoms with E-state index in [0.717, 1.165) is 27.8 Å². The summed E-state index contributed by atoms with van der Waals surface area (Å²) in [6.45, 7) is 15.9. The zero-order valence-corrected chi connectivity index (χ0v) is 18.8. The summed E-state index contributed by atoms with van der Waals surface area (Å²) in [6.07, 6.45) is 3.77. The van der Waals surface area contributed by atoms with Crippen LogP contribution in [-0.2, 0) is 5.41 Å². The van der Waals surface area contributed by atoms with Gasteiger partial charge in [0.05, 0.1) is 13.8 Å². The fourth-order valence-corrected chi connectivity index (χ4v) is 5.32. The molecule has 4 heteroatoms. The Bertz CT molecular complexity index is 1190. The first-order valence-corrected chi connectivity index (χ1v) is 13.3. The number of hydrogen-bond donors (Lipinski definition) is 0. The van der Waals surface area contributed by atoms with Crippen LogP contribution in [0.25, 0.3) is 33.3 Å². The molecule has 0 saturated heterocycles. The third-order valence-corrected chi connectivity index (χ3v) is 7.36. The Morgan fingerprint density at radius 2 is 1.71 bits per heavy atom. The van der Waals surface area contributed by atoms with Gasteiger partial charge in [-0.05, 0) is 52.9 Å². The zero-order valence-electron chi connectivity index (χ0n) is 17.8. The van der Waals surface area contributed by atoms with Gasteiger partial charge >= 0.3 is 0 Å². The molecule has 0 fully saturated rings. The van der Waals surface area contributed by atoms with Crippen LogP contribution in [0.2, 0.25) is 19.6 Å². The first-order chi connectivity index (χ1) is 13.1. The van der Waals surface area contributed by atoms with E-state index in [1.54, 1.807) is 0 Å². The van der Waals surface area contributed by atoms with Gasteiger partial charge in [-0.15, -0.1) is 0 Å². The highest BCUT2D eigenvalue weighted by Crippen LogP contribution is 2.36. The van der Waals surface area contributed by atoms with E-state index in [4.69, 9.17) is 4.42 Å². The zero-order chi connectivity index (χ0) is 20.3. The Hall–Kier alpha value is -2.46. The molecule has 0 spiro atoms. The molecule has 4 aromatic rings. The van der Waals surface area contributed by atoms with Gasteiger partial charge in [0, 0.05) is 28.7 Å². The fraction of sp³-hybridized carbons (Fsp3) is 0.333. The van der Waals surface area contributed by atoms with E-state index in [0.29, 0.717) is 5.71 Å². The van der Waals surface area contributed by atoms with E-state index in [2.05, 4.69) is 87.6 Å². The van der Waals surface area contributed by atoms with E-state index in [9.17, 15) is 0 Å². The number of aromatic nitrogens is 2. The second-order valence-electron chi connectivity index (χ2n) is 9.76. The van der Waals surface area contributed by atoms with Gasteiger partial charge in [0.1, 0.15) is 5.58 Å². The van der Waals surface area contributed by atoms with E-state index in [1.165, 1.54) is 16.1 Å². The number of benzene rings is 1. The maximum Gasteiger partial charge on any atom is 0.227 e. The second-order valence-corrected chi connectivity index (χ2v) is 14.8. The Morgan fingerprint density at radius 1 is 0.964 bits per heavy atom. The maximum atomic E-state index is 6.33. The van der Waals surface area contributed by atoms with Crippen LogP contribution in [0.15, 0.2) is 47.1 Å². The van der Waals surface area contributed by atoms with Gasteiger partial charge in [0.25, 0.3) is 0 Å². The number of fused-ring (bicyclic) bond motifs is 3. The molecule has 0 amide bonds. The molecule has 28 heavy (non-hydrogen) atoms. The summed E-state index contributed by atoms with van der Waals surface area (Å²) in [5.74, 6) is 0. The molecule has 3 aromatic heterocycles. The lowest BCUT2D eigenvalue weighted by molar-refractivity contribution is 0.589. The molecule has 4 rings (SSSR count). The second kappa shape index (κ2) is 6.28. The van der Waals surface area contributed by atoms with Crippen LogP contribution in [0.4, 0.5) is 0 Å². The predicted octanol–water partition coefficient (Wildman–Crippen LogP) is 6.19. The lowest BCUT2D eigenvalue weighted by Gasteiger charge is -2.20. The van der Waals surface area contributed by atoms with E-state index in [1.807, 2.05) is 12.4 Å². The minimum atomic E-state index is -1.57. The summed E-state index contributed by atoms with van der Waals surface area (Å²) in [5, 5.41) is 3.73. The van der Waals surface area contributed by atoms with Gasteiger partial charge in [0.2, 0.25) is 5.71 Å². The molecule has 0 bridgehead atoms. The van der Waals surface area contributed by atoms with Crippen LogP contribution in [0.1, 0.15) is 31.9 Å². The number of hydrogen-bond acceptors (Lipinski definition) is 3. The average molecular weight is 389 g/mol. The van der Waals surface area contributed by atoms with Crippen molar-refractivity contribution < 1.29 is 4.42 Å². The molecule has 144 valence electrons. The molecular weight excluding hydrogens is 360 g/mol. The largest absolute Gasteiger partial charge is 0.437 e.